The molecule has 0 radical (unpaired) electrons. The fourth-order valence-corrected chi connectivity index (χ4v) is 1.55. The molecule has 6 nitrogen and oxygen atoms in total. The molecule has 0 spiro atoms. The molecule has 0 fully saturated rings. The highest BCUT2D eigenvalue weighted by atomic mass is 127. The number of aryl methyl sites for hydroxylation is 1. The summed E-state index contributed by atoms with van der Waals surface area (Å²) in [6, 6.07) is 3.44. The monoisotopic (exact) mass is 520 g/mol. The number of nitrogens with zero attached hydrogens (tertiary/aromatic N) is 3. The number of quaternary nitrogens is 1. The first-order valence-electron chi connectivity index (χ1n) is 6.09. The number of amides is 1. The van der Waals surface area contributed by atoms with Gasteiger partial charge in [0.25, 0.3) is 5.91 Å². The molecule has 21 heavy (non-hydrogen) atoms. The van der Waals surface area contributed by atoms with Gasteiger partial charge in [0.2, 0.25) is 5.69 Å². The Labute approximate surface area is 159 Å². The minimum atomic E-state index is -0.100. The van der Waals surface area contributed by atoms with Gasteiger partial charge in [-0.15, -0.1) is 0 Å². The van der Waals surface area contributed by atoms with Gasteiger partial charge in [0.05, 0.1) is 34.2 Å². The van der Waals surface area contributed by atoms with E-state index in [2.05, 4.69) is 31.6 Å². The van der Waals surface area contributed by atoms with Crippen LogP contribution in [-0.2, 0) is 7.05 Å². The van der Waals surface area contributed by atoms with Crippen LogP contribution in [0.15, 0.2) is 23.5 Å². The quantitative estimate of drug-likeness (QED) is 0.102. The molecule has 120 valence electrons. The molecule has 0 saturated heterocycles. The molecule has 0 saturated carbocycles. The zero-order valence-electron chi connectivity index (χ0n) is 12.7. The summed E-state index contributed by atoms with van der Waals surface area (Å²) in [5, 5.41) is 14.3. The molecular weight excluding hydrogens is 498 g/mol. The summed E-state index contributed by atoms with van der Waals surface area (Å²) < 4.78 is 2.54. The number of carbonyl (C=O) groups is 1. The van der Waals surface area contributed by atoms with Crippen molar-refractivity contribution in [1.29, 1.82) is 0 Å². The second-order valence-electron chi connectivity index (χ2n) is 5.47. The lowest BCUT2D eigenvalue weighted by molar-refractivity contribution is -0.869. The summed E-state index contributed by atoms with van der Waals surface area (Å²) in [6.07, 6.45) is 3.02. The van der Waals surface area contributed by atoms with Crippen LogP contribution in [0.5, 0.6) is 0 Å². The molecule has 0 aliphatic rings. The summed E-state index contributed by atoms with van der Waals surface area (Å²) in [5.41, 5.74) is 1.30. The van der Waals surface area contributed by atoms with E-state index in [4.69, 9.17) is 5.21 Å². The van der Waals surface area contributed by atoms with Gasteiger partial charge >= 0.3 is 0 Å². The van der Waals surface area contributed by atoms with Crippen molar-refractivity contribution in [3.8, 4) is 0 Å². The van der Waals surface area contributed by atoms with E-state index in [1.807, 2.05) is 0 Å². The highest BCUT2D eigenvalue weighted by Crippen LogP contribution is 1.97. The van der Waals surface area contributed by atoms with Gasteiger partial charge < -0.3 is 63.0 Å². The lowest BCUT2D eigenvalue weighted by Gasteiger charge is -2.23. The van der Waals surface area contributed by atoms with E-state index in [0.717, 1.165) is 11.0 Å². The molecule has 1 amide bonds. The first-order chi connectivity index (χ1) is 8.83. The molecule has 0 aromatic carbocycles. The SMILES string of the molecule is C[n+]1cc(C(=O)NCC[N+](C)(C)C)ccc1/C=N/O.[I-].[I-]. The molecule has 1 aromatic rings. The molecule has 0 bridgehead atoms. The number of pyridine rings is 1. The second kappa shape index (κ2) is 10.3. The van der Waals surface area contributed by atoms with E-state index in [9.17, 15) is 4.79 Å². The van der Waals surface area contributed by atoms with Crippen LogP contribution in [0.2, 0.25) is 0 Å². The Hall–Kier alpha value is -0.490. The Morgan fingerprint density at radius 2 is 2.00 bits per heavy atom. The van der Waals surface area contributed by atoms with Crippen LogP contribution >= 0.6 is 0 Å². The zero-order chi connectivity index (χ0) is 14.5. The first kappa shape index (κ1) is 22.8. The summed E-state index contributed by atoms with van der Waals surface area (Å²) in [4.78, 5) is 11.9. The van der Waals surface area contributed by atoms with Crippen molar-refractivity contribution in [2.24, 2.45) is 12.2 Å². The second-order valence-corrected chi connectivity index (χ2v) is 5.47. The molecule has 1 aromatic heterocycles. The molecule has 0 aliphatic heterocycles. The molecule has 0 aliphatic carbocycles. The number of nitrogens with one attached hydrogen (secondary N) is 1. The maximum absolute atomic E-state index is 11.9. The first-order valence-corrected chi connectivity index (χ1v) is 6.09. The fourth-order valence-electron chi connectivity index (χ4n) is 1.55. The standard InChI is InChI=1S/C13H20N4O2.2HI/c1-16-10-11(5-6-12(16)9-15-19)13(18)14-7-8-17(2,3)4;;/h5-6,9-10H,7-8H2,1-4H3;2*1H. The Kier molecular flexibility index (Phi) is 11.1. The van der Waals surface area contributed by atoms with Crippen LogP contribution in [0.3, 0.4) is 0 Å². The summed E-state index contributed by atoms with van der Waals surface area (Å²) in [6.45, 7) is 1.50. The van der Waals surface area contributed by atoms with Crippen LogP contribution < -0.4 is 57.8 Å². The van der Waals surface area contributed by atoms with Crippen LogP contribution in [0.1, 0.15) is 16.1 Å². The number of aromatic nitrogens is 1. The van der Waals surface area contributed by atoms with E-state index in [-0.39, 0.29) is 53.9 Å². The van der Waals surface area contributed by atoms with Crippen molar-refractivity contribution in [3.05, 3.63) is 29.6 Å². The van der Waals surface area contributed by atoms with Crippen LogP contribution in [0.25, 0.3) is 0 Å². The number of halogens is 2. The third kappa shape index (κ3) is 8.51. The van der Waals surface area contributed by atoms with Crippen LogP contribution in [0, 0.1) is 0 Å². The van der Waals surface area contributed by atoms with Crippen molar-refractivity contribution in [2.45, 2.75) is 0 Å². The van der Waals surface area contributed by atoms with Crippen molar-refractivity contribution >= 4 is 12.1 Å². The minimum absolute atomic E-state index is 0. The van der Waals surface area contributed by atoms with Crippen molar-refractivity contribution in [3.63, 3.8) is 0 Å². The van der Waals surface area contributed by atoms with Gasteiger partial charge in [-0.1, -0.05) is 5.16 Å². The van der Waals surface area contributed by atoms with Gasteiger partial charge in [0.15, 0.2) is 6.20 Å². The molecule has 0 atom stereocenters. The summed E-state index contributed by atoms with van der Waals surface area (Å²) in [5.74, 6) is -0.100. The van der Waals surface area contributed by atoms with Crippen LogP contribution in [0.4, 0.5) is 0 Å². The topological polar surface area (TPSA) is 65.6 Å². The molecule has 1 heterocycles. The molecule has 0 unspecified atom stereocenters. The normalized spacial score (nSPS) is 10.7. The lowest BCUT2D eigenvalue weighted by Crippen LogP contribution is -3.00. The average Bonchev–Trinajstić information content (AvgIpc) is 2.30. The van der Waals surface area contributed by atoms with Crippen molar-refractivity contribution in [1.82, 2.24) is 5.32 Å². The van der Waals surface area contributed by atoms with Gasteiger partial charge in [-0.25, -0.2) is 0 Å². The van der Waals surface area contributed by atoms with Crippen LogP contribution in [-0.4, -0.2) is 56.0 Å². The van der Waals surface area contributed by atoms with Crippen molar-refractivity contribution in [2.75, 3.05) is 34.2 Å². The average molecular weight is 520 g/mol. The van der Waals surface area contributed by atoms with E-state index < -0.39 is 0 Å². The van der Waals surface area contributed by atoms with E-state index in [0.29, 0.717) is 17.8 Å². The lowest BCUT2D eigenvalue weighted by atomic mass is 10.2. The number of hydrogen-bond acceptors (Lipinski definition) is 3. The largest absolute Gasteiger partial charge is 1.00 e. The number of carbonyl (C=O) groups excluding carboxylic acids is 1. The zero-order valence-corrected chi connectivity index (χ0v) is 17.0. The van der Waals surface area contributed by atoms with Gasteiger partial charge in [-0.2, -0.15) is 4.57 Å². The Bertz CT molecular complexity index is 488. The third-order valence-electron chi connectivity index (χ3n) is 2.69. The number of rotatable bonds is 5. The molecule has 8 heteroatoms. The Morgan fingerprint density at radius 3 is 2.48 bits per heavy atom. The number of hydrogen-bond donors (Lipinski definition) is 2. The minimum Gasteiger partial charge on any atom is -1.00 e. The van der Waals surface area contributed by atoms with E-state index >= 15 is 0 Å². The number of likely N-dealkylation sites (N-methyl/N-ethyl adjacent to an activating group) is 1. The number of oxime groups is 1. The Balaban J connectivity index is 0. The molecular formula is C13H22I2N4O2. The summed E-state index contributed by atoms with van der Waals surface area (Å²) >= 11 is 0. The van der Waals surface area contributed by atoms with Crippen molar-refractivity contribution < 1.29 is 67.0 Å². The molecule has 1 rings (SSSR count). The maximum atomic E-state index is 11.9. The van der Waals surface area contributed by atoms with E-state index in [1.165, 1.54) is 6.21 Å². The highest BCUT2D eigenvalue weighted by Gasteiger charge is 2.13. The molecule has 2 N–H and O–H groups in total. The smallest absolute Gasteiger partial charge is 0.257 e. The van der Waals surface area contributed by atoms with Gasteiger partial charge in [0.1, 0.15) is 18.8 Å². The fraction of sp³-hybridized carbons (Fsp3) is 0.462. The highest BCUT2D eigenvalue weighted by molar-refractivity contribution is 5.93. The van der Waals surface area contributed by atoms with Gasteiger partial charge in [-0.3, -0.25) is 4.79 Å². The van der Waals surface area contributed by atoms with Gasteiger partial charge in [-0.05, 0) is 6.07 Å². The van der Waals surface area contributed by atoms with E-state index in [1.54, 1.807) is 29.9 Å². The van der Waals surface area contributed by atoms with Gasteiger partial charge in [0, 0.05) is 6.07 Å². The predicted octanol–water partition coefficient (Wildman–Crippen LogP) is -6.24. The third-order valence-corrected chi connectivity index (χ3v) is 2.69. The summed E-state index contributed by atoms with van der Waals surface area (Å²) in [7, 11) is 8.03. The Morgan fingerprint density at radius 1 is 1.38 bits per heavy atom. The maximum Gasteiger partial charge on any atom is 0.257 e. The predicted molar refractivity (Wildman–Crippen MR) is 72.2 cm³/mol.